The molecule has 0 aliphatic rings. The smallest absolute Gasteiger partial charge is 0.251 e. The predicted molar refractivity (Wildman–Crippen MR) is 73.7 cm³/mol. The summed E-state index contributed by atoms with van der Waals surface area (Å²) in [7, 11) is 0. The minimum atomic E-state index is -0.0803. The standard InChI is InChI=1S/C13H15N3OS/c1-9-8-18-12(16-9)6-7-15-13(17)10-2-4-11(14)5-3-10/h2-5,8H,6-7,14H2,1H3,(H,15,17). The van der Waals surface area contributed by atoms with Crippen molar-refractivity contribution < 1.29 is 4.79 Å². The van der Waals surface area contributed by atoms with E-state index in [4.69, 9.17) is 5.73 Å². The van der Waals surface area contributed by atoms with E-state index in [-0.39, 0.29) is 5.91 Å². The lowest BCUT2D eigenvalue weighted by Crippen LogP contribution is -2.25. The van der Waals surface area contributed by atoms with Gasteiger partial charge in [-0.15, -0.1) is 11.3 Å². The summed E-state index contributed by atoms with van der Waals surface area (Å²) in [5.41, 5.74) is 7.88. The average molecular weight is 261 g/mol. The molecule has 18 heavy (non-hydrogen) atoms. The number of nitrogens with one attached hydrogen (secondary N) is 1. The van der Waals surface area contributed by atoms with Crippen molar-refractivity contribution in [3.8, 4) is 0 Å². The largest absolute Gasteiger partial charge is 0.399 e. The van der Waals surface area contributed by atoms with Crippen LogP contribution in [-0.4, -0.2) is 17.4 Å². The fourth-order valence-corrected chi connectivity index (χ4v) is 2.31. The van der Waals surface area contributed by atoms with E-state index in [1.54, 1.807) is 35.6 Å². The van der Waals surface area contributed by atoms with E-state index < -0.39 is 0 Å². The van der Waals surface area contributed by atoms with Crippen molar-refractivity contribution in [1.82, 2.24) is 10.3 Å². The Bertz CT molecular complexity index is 533. The molecule has 3 N–H and O–H groups in total. The first-order valence-electron chi connectivity index (χ1n) is 5.70. The second-order valence-electron chi connectivity index (χ2n) is 4.01. The Balaban J connectivity index is 1.83. The number of nitrogens with two attached hydrogens (primary N) is 1. The van der Waals surface area contributed by atoms with Crippen LogP contribution in [0.3, 0.4) is 0 Å². The highest BCUT2D eigenvalue weighted by atomic mass is 32.1. The molecule has 0 fully saturated rings. The van der Waals surface area contributed by atoms with Crippen LogP contribution in [0.15, 0.2) is 29.6 Å². The molecule has 1 heterocycles. The van der Waals surface area contributed by atoms with E-state index in [9.17, 15) is 4.79 Å². The Morgan fingerprint density at radius 3 is 2.72 bits per heavy atom. The quantitative estimate of drug-likeness (QED) is 0.827. The Morgan fingerprint density at radius 2 is 2.11 bits per heavy atom. The summed E-state index contributed by atoms with van der Waals surface area (Å²) in [6.45, 7) is 2.56. The maximum absolute atomic E-state index is 11.8. The zero-order valence-corrected chi connectivity index (χ0v) is 11.0. The van der Waals surface area contributed by atoms with Gasteiger partial charge in [-0.3, -0.25) is 4.79 Å². The number of nitrogen functional groups attached to an aromatic ring is 1. The molecule has 1 aromatic carbocycles. The minimum absolute atomic E-state index is 0.0803. The topological polar surface area (TPSA) is 68.0 Å². The van der Waals surface area contributed by atoms with Crippen molar-refractivity contribution in [2.75, 3.05) is 12.3 Å². The fraction of sp³-hybridized carbons (Fsp3) is 0.231. The first-order valence-corrected chi connectivity index (χ1v) is 6.58. The number of anilines is 1. The van der Waals surface area contributed by atoms with E-state index in [0.717, 1.165) is 17.1 Å². The molecule has 0 saturated carbocycles. The number of amides is 1. The summed E-state index contributed by atoms with van der Waals surface area (Å²) >= 11 is 1.62. The van der Waals surface area contributed by atoms with Gasteiger partial charge in [-0.05, 0) is 31.2 Å². The lowest BCUT2D eigenvalue weighted by Gasteiger charge is -2.04. The van der Waals surface area contributed by atoms with Gasteiger partial charge in [-0.25, -0.2) is 4.98 Å². The molecular formula is C13H15N3OS. The van der Waals surface area contributed by atoms with Crippen LogP contribution in [0, 0.1) is 6.92 Å². The van der Waals surface area contributed by atoms with Gasteiger partial charge in [0.2, 0.25) is 0 Å². The van der Waals surface area contributed by atoms with Gasteiger partial charge in [-0.1, -0.05) is 0 Å². The second-order valence-corrected chi connectivity index (χ2v) is 4.95. The van der Waals surface area contributed by atoms with Crippen LogP contribution in [0.25, 0.3) is 0 Å². The summed E-state index contributed by atoms with van der Waals surface area (Å²) in [5, 5.41) is 5.92. The Morgan fingerprint density at radius 1 is 1.39 bits per heavy atom. The third-order valence-electron chi connectivity index (χ3n) is 2.46. The molecule has 0 atom stereocenters. The van der Waals surface area contributed by atoms with Crippen molar-refractivity contribution in [2.45, 2.75) is 13.3 Å². The number of carbonyl (C=O) groups excluding carboxylic acids is 1. The lowest BCUT2D eigenvalue weighted by molar-refractivity contribution is 0.0954. The van der Waals surface area contributed by atoms with Gasteiger partial charge in [0, 0.05) is 35.3 Å². The minimum Gasteiger partial charge on any atom is -0.399 e. The van der Waals surface area contributed by atoms with Crippen LogP contribution >= 0.6 is 11.3 Å². The normalized spacial score (nSPS) is 10.3. The summed E-state index contributed by atoms with van der Waals surface area (Å²) in [6, 6.07) is 6.88. The molecular weight excluding hydrogens is 246 g/mol. The highest BCUT2D eigenvalue weighted by Gasteiger charge is 2.05. The van der Waals surface area contributed by atoms with Gasteiger partial charge >= 0.3 is 0 Å². The van der Waals surface area contributed by atoms with Crippen molar-refractivity contribution >= 4 is 22.9 Å². The number of benzene rings is 1. The van der Waals surface area contributed by atoms with E-state index in [1.165, 1.54) is 0 Å². The summed E-state index contributed by atoms with van der Waals surface area (Å²) in [5.74, 6) is -0.0803. The third-order valence-corrected chi connectivity index (χ3v) is 3.49. The van der Waals surface area contributed by atoms with Crippen molar-refractivity contribution in [3.63, 3.8) is 0 Å². The van der Waals surface area contributed by atoms with Crippen molar-refractivity contribution in [2.24, 2.45) is 0 Å². The van der Waals surface area contributed by atoms with Gasteiger partial charge < -0.3 is 11.1 Å². The van der Waals surface area contributed by atoms with Crippen LogP contribution in [0.1, 0.15) is 21.1 Å². The monoisotopic (exact) mass is 261 g/mol. The zero-order valence-electron chi connectivity index (χ0n) is 10.1. The number of thiazole rings is 1. The van der Waals surface area contributed by atoms with E-state index >= 15 is 0 Å². The maximum Gasteiger partial charge on any atom is 0.251 e. The van der Waals surface area contributed by atoms with Crippen molar-refractivity contribution in [1.29, 1.82) is 0 Å². The van der Waals surface area contributed by atoms with Gasteiger partial charge in [0.15, 0.2) is 0 Å². The number of hydrogen-bond acceptors (Lipinski definition) is 4. The maximum atomic E-state index is 11.8. The molecule has 0 aliphatic carbocycles. The zero-order chi connectivity index (χ0) is 13.0. The number of aromatic nitrogens is 1. The van der Waals surface area contributed by atoms with Crippen LogP contribution in [0.5, 0.6) is 0 Å². The first kappa shape index (κ1) is 12.6. The molecule has 94 valence electrons. The Labute approximate surface area is 110 Å². The van der Waals surface area contributed by atoms with E-state index in [1.807, 2.05) is 12.3 Å². The van der Waals surface area contributed by atoms with Gasteiger partial charge in [0.25, 0.3) is 5.91 Å². The molecule has 2 aromatic rings. The molecule has 0 spiro atoms. The molecule has 0 radical (unpaired) electrons. The van der Waals surface area contributed by atoms with E-state index in [0.29, 0.717) is 17.8 Å². The molecule has 1 amide bonds. The molecule has 0 unspecified atom stereocenters. The number of hydrogen-bond donors (Lipinski definition) is 2. The highest BCUT2D eigenvalue weighted by molar-refractivity contribution is 7.09. The summed E-state index contributed by atoms with van der Waals surface area (Å²) in [4.78, 5) is 16.1. The van der Waals surface area contributed by atoms with Crippen LogP contribution in [-0.2, 0) is 6.42 Å². The first-order chi connectivity index (χ1) is 8.65. The van der Waals surface area contributed by atoms with Crippen LogP contribution in [0.2, 0.25) is 0 Å². The predicted octanol–water partition coefficient (Wildman–Crippen LogP) is 2.01. The highest BCUT2D eigenvalue weighted by Crippen LogP contribution is 2.09. The molecule has 1 aromatic heterocycles. The average Bonchev–Trinajstić information content (AvgIpc) is 2.76. The van der Waals surface area contributed by atoms with Gasteiger partial charge in [0.05, 0.1) is 5.01 Å². The van der Waals surface area contributed by atoms with E-state index in [2.05, 4.69) is 10.3 Å². The Kier molecular flexibility index (Phi) is 3.94. The fourth-order valence-electron chi connectivity index (χ4n) is 1.54. The summed E-state index contributed by atoms with van der Waals surface area (Å²) in [6.07, 6.45) is 0.763. The van der Waals surface area contributed by atoms with Crippen LogP contribution < -0.4 is 11.1 Å². The summed E-state index contributed by atoms with van der Waals surface area (Å²) < 4.78 is 0. The molecule has 0 saturated heterocycles. The number of nitrogens with zero attached hydrogens (tertiary/aromatic N) is 1. The van der Waals surface area contributed by atoms with Gasteiger partial charge in [-0.2, -0.15) is 0 Å². The molecule has 2 rings (SSSR count). The number of carbonyl (C=O) groups is 1. The molecule has 5 heteroatoms. The van der Waals surface area contributed by atoms with Crippen LogP contribution in [0.4, 0.5) is 5.69 Å². The molecule has 0 bridgehead atoms. The molecule has 0 aliphatic heterocycles. The van der Waals surface area contributed by atoms with Crippen molar-refractivity contribution in [3.05, 3.63) is 45.9 Å². The number of aryl methyl sites for hydroxylation is 1. The Hall–Kier alpha value is -1.88. The lowest BCUT2D eigenvalue weighted by atomic mass is 10.2. The van der Waals surface area contributed by atoms with Gasteiger partial charge in [0.1, 0.15) is 0 Å². The SMILES string of the molecule is Cc1csc(CCNC(=O)c2ccc(N)cc2)n1. The number of rotatable bonds is 4. The third kappa shape index (κ3) is 3.30. The second kappa shape index (κ2) is 5.64. The molecule has 4 nitrogen and oxygen atoms in total.